The number of carbonyl (C=O) groups is 1. The fourth-order valence-corrected chi connectivity index (χ4v) is 4.56. The first kappa shape index (κ1) is 19.9. The monoisotopic (exact) mass is 370 g/mol. The van der Waals surface area contributed by atoms with Gasteiger partial charge in [0.15, 0.2) is 0 Å². The van der Waals surface area contributed by atoms with Gasteiger partial charge in [-0.2, -0.15) is 0 Å². The second-order valence-corrected chi connectivity index (χ2v) is 10.5. The Balaban J connectivity index is 1.74. The van der Waals surface area contributed by atoms with Gasteiger partial charge in [0, 0.05) is 28.1 Å². The Morgan fingerprint density at radius 2 is 1.81 bits per heavy atom. The van der Waals surface area contributed by atoms with Gasteiger partial charge in [-0.1, -0.05) is 26.8 Å². The van der Waals surface area contributed by atoms with Crippen LogP contribution < -0.4 is 10.6 Å². The summed E-state index contributed by atoms with van der Waals surface area (Å²) in [5.74, 6) is 0.0670. The summed E-state index contributed by atoms with van der Waals surface area (Å²) in [6.07, 6.45) is 3.95. The summed E-state index contributed by atoms with van der Waals surface area (Å²) in [6.45, 7) is 15.4. The fourth-order valence-electron chi connectivity index (χ4n) is 4.56. The molecule has 4 heteroatoms. The van der Waals surface area contributed by atoms with Gasteiger partial charge in [0.25, 0.3) is 0 Å². The van der Waals surface area contributed by atoms with Crippen LogP contribution in [0.2, 0.25) is 0 Å². The van der Waals surface area contributed by atoms with Crippen LogP contribution in [0.4, 0.5) is 0 Å². The van der Waals surface area contributed by atoms with Crippen molar-refractivity contribution in [1.82, 2.24) is 10.6 Å². The molecule has 1 aromatic heterocycles. The topological polar surface area (TPSA) is 54.3 Å². The minimum Gasteiger partial charge on any atom is -0.464 e. The van der Waals surface area contributed by atoms with E-state index in [-0.39, 0.29) is 28.4 Å². The van der Waals surface area contributed by atoms with E-state index < -0.39 is 0 Å². The molecule has 0 bridgehead atoms. The highest BCUT2D eigenvalue weighted by Crippen LogP contribution is 2.30. The van der Waals surface area contributed by atoms with Crippen molar-refractivity contribution in [1.29, 1.82) is 0 Å². The van der Waals surface area contributed by atoms with Crippen molar-refractivity contribution in [3.63, 3.8) is 0 Å². The quantitative estimate of drug-likeness (QED) is 0.823. The zero-order chi connectivity index (χ0) is 20.0. The molecular formula is C23H34N2O2. The number of hydrogen-bond acceptors (Lipinski definition) is 3. The van der Waals surface area contributed by atoms with Crippen LogP contribution in [0.15, 0.2) is 28.9 Å². The number of piperidine rings is 1. The number of amides is 1. The average Bonchev–Trinajstić information content (AvgIpc) is 2.85. The molecule has 1 saturated heterocycles. The van der Waals surface area contributed by atoms with E-state index in [1.807, 2.05) is 6.07 Å². The van der Waals surface area contributed by atoms with Crippen molar-refractivity contribution < 1.29 is 9.21 Å². The SMILES string of the molecule is CC1(C)CC(NC(=O)Cc2coc3ccc(C(C)(C)C)cc23)CC(C)(C)N1. The van der Waals surface area contributed by atoms with E-state index in [1.54, 1.807) is 6.26 Å². The summed E-state index contributed by atoms with van der Waals surface area (Å²) < 4.78 is 5.68. The van der Waals surface area contributed by atoms with E-state index in [0.29, 0.717) is 6.42 Å². The third-order valence-electron chi connectivity index (χ3n) is 5.43. The molecule has 4 nitrogen and oxygen atoms in total. The first-order chi connectivity index (χ1) is 12.3. The van der Waals surface area contributed by atoms with E-state index >= 15 is 0 Å². The second kappa shape index (κ2) is 6.66. The predicted octanol–water partition coefficient (Wildman–Crippen LogP) is 4.70. The summed E-state index contributed by atoms with van der Waals surface area (Å²) >= 11 is 0. The van der Waals surface area contributed by atoms with E-state index in [0.717, 1.165) is 29.4 Å². The molecule has 3 rings (SSSR count). The number of nitrogens with one attached hydrogen (secondary N) is 2. The zero-order valence-corrected chi connectivity index (χ0v) is 17.8. The Hall–Kier alpha value is -1.81. The van der Waals surface area contributed by atoms with Gasteiger partial charge < -0.3 is 15.1 Å². The minimum atomic E-state index is 0.0175. The molecule has 2 N–H and O–H groups in total. The Kier molecular flexibility index (Phi) is 4.92. The Morgan fingerprint density at radius 1 is 1.19 bits per heavy atom. The number of benzene rings is 1. The fraction of sp³-hybridized carbons (Fsp3) is 0.609. The lowest BCUT2D eigenvalue weighted by Gasteiger charge is -2.46. The van der Waals surface area contributed by atoms with Crippen LogP contribution in [-0.2, 0) is 16.6 Å². The molecule has 0 unspecified atom stereocenters. The van der Waals surface area contributed by atoms with Gasteiger partial charge in [-0.15, -0.1) is 0 Å². The van der Waals surface area contributed by atoms with Crippen LogP contribution in [0.25, 0.3) is 11.0 Å². The van der Waals surface area contributed by atoms with E-state index in [1.165, 1.54) is 5.56 Å². The van der Waals surface area contributed by atoms with Crippen LogP contribution in [-0.4, -0.2) is 23.0 Å². The zero-order valence-electron chi connectivity index (χ0n) is 17.8. The van der Waals surface area contributed by atoms with Crippen LogP contribution in [0, 0.1) is 0 Å². The molecule has 1 aromatic carbocycles. The van der Waals surface area contributed by atoms with E-state index in [4.69, 9.17) is 4.42 Å². The van der Waals surface area contributed by atoms with Crippen LogP contribution in [0.3, 0.4) is 0 Å². The van der Waals surface area contributed by atoms with Crippen molar-refractivity contribution in [2.24, 2.45) is 0 Å². The second-order valence-electron chi connectivity index (χ2n) is 10.5. The van der Waals surface area contributed by atoms with Crippen LogP contribution >= 0.6 is 0 Å². The summed E-state index contributed by atoms with van der Waals surface area (Å²) in [5, 5.41) is 7.96. The lowest BCUT2D eigenvalue weighted by Crippen LogP contribution is -2.62. The lowest BCUT2D eigenvalue weighted by molar-refractivity contribution is -0.121. The third-order valence-corrected chi connectivity index (χ3v) is 5.43. The van der Waals surface area contributed by atoms with Gasteiger partial charge in [-0.25, -0.2) is 0 Å². The normalized spacial score (nSPS) is 20.0. The molecule has 0 atom stereocenters. The standard InChI is InChI=1S/C23H34N2O2/c1-21(2,3)16-8-9-19-18(11-16)15(14-27-19)10-20(26)24-17-12-22(4,5)25-23(6,7)13-17/h8-9,11,14,17,25H,10,12-13H2,1-7H3,(H,24,26). The molecule has 0 saturated carbocycles. The van der Waals surface area contributed by atoms with Gasteiger partial charge in [-0.05, 0) is 63.6 Å². The first-order valence-corrected chi connectivity index (χ1v) is 9.94. The van der Waals surface area contributed by atoms with Gasteiger partial charge in [0.2, 0.25) is 5.91 Å². The maximum Gasteiger partial charge on any atom is 0.224 e. The molecular weight excluding hydrogens is 336 g/mol. The molecule has 148 valence electrons. The molecule has 1 amide bonds. The number of rotatable bonds is 3. The molecule has 2 heterocycles. The lowest BCUT2D eigenvalue weighted by atomic mass is 9.79. The minimum absolute atomic E-state index is 0.0175. The van der Waals surface area contributed by atoms with Crippen molar-refractivity contribution in [3.8, 4) is 0 Å². The third kappa shape index (κ3) is 4.73. The molecule has 0 radical (unpaired) electrons. The highest BCUT2D eigenvalue weighted by molar-refractivity contribution is 5.88. The Labute approximate surface area is 163 Å². The average molecular weight is 371 g/mol. The molecule has 0 aliphatic carbocycles. The van der Waals surface area contributed by atoms with Gasteiger partial charge >= 0.3 is 0 Å². The molecule has 1 fully saturated rings. The summed E-state index contributed by atoms with van der Waals surface area (Å²) in [7, 11) is 0. The summed E-state index contributed by atoms with van der Waals surface area (Å²) in [4.78, 5) is 12.8. The van der Waals surface area contributed by atoms with Crippen molar-refractivity contribution in [3.05, 3.63) is 35.6 Å². The Morgan fingerprint density at radius 3 is 2.41 bits per heavy atom. The molecule has 2 aromatic rings. The first-order valence-electron chi connectivity index (χ1n) is 9.94. The smallest absolute Gasteiger partial charge is 0.224 e. The van der Waals surface area contributed by atoms with E-state index in [9.17, 15) is 4.79 Å². The van der Waals surface area contributed by atoms with Crippen molar-refractivity contribution in [2.45, 2.75) is 90.3 Å². The number of fused-ring (bicyclic) bond motifs is 1. The Bertz CT molecular complexity index is 824. The molecule has 1 aliphatic rings. The van der Waals surface area contributed by atoms with Crippen molar-refractivity contribution in [2.75, 3.05) is 0 Å². The van der Waals surface area contributed by atoms with Gasteiger partial charge in [-0.3, -0.25) is 4.79 Å². The number of carbonyl (C=O) groups excluding carboxylic acids is 1. The molecule has 27 heavy (non-hydrogen) atoms. The number of furan rings is 1. The highest BCUT2D eigenvalue weighted by atomic mass is 16.3. The molecule has 0 spiro atoms. The number of hydrogen-bond donors (Lipinski definition) is 2. The van der Waals surface area contributed by atoms with Gasteiger partial charge in [0.05, 0.1) is 12.7 Å². The molecule has 1 aliphatic heterocycles. The van der Waals surface area contributed by atoms with Crippen LogP contribution in [0.5, 0.6) is 0 Å². The van der Waals surface area contributed by atoms with Gasteiger partial charge in [0.1, 0.15) is 5.58 Å². The largest absolute Gasteiger partial charge is 0.464 e. The summed E-state index contributed by atoms with van der Waals surface area (Å²) in [5.41, 5.74) is 3.15. The van der Waals surface area contributed by atoms with Crippen LogP contribution in [0.1, 0.15) is 72.4 Å². The van der Waals surface area contributed by atoms with E-state index in [2.05, 4.69) is 71.2 Å². The van der Waals surface area contributed by atoms with Crippen molar-refractivity contribution >= 4 is 16.9 Å². The highest BCUT2D eigenvalue weighted by Gasteiger charge is 2.38. The maximum atomic E-state index is 12.8. The maximum absolute atomic E-state index is 12.8. The summed E-state index contributed by atoms with van der Waals surface area (Å²) in [6, 6.07) is 6.47. The predicted molar refractivity (Wildman–Crippen MR) is 111 cm³/mol.